The first-order valence-electron chi connectivity index (χ1n) is 9.41. The van der Waals surface area contributed by atoms with Gasteiger partial charge in [0.05, 0.1) is 0 Å². The van der Waals surface area contributed by atoms with Crippen LogP contribution in [0.5, 0.6) is 0 Å². The molecule has 0 saturated carbocycles. The molecule has 0 spiro atoms. The van der Waals surface area contributed by atoms with Gasteiger partial charge in [-0.1, -0.05) is 37.3 Å². The maximum Gasteiger partial charge on any atom is 0.0402 e. The summed E-state index contributed by atoms with van der Waals surface area (Å²) in [4.78, 5) is 2.57. The van der Waals surface area contributed by atoms with Crippen molar-refractivity contribution in [3.8, 4) is 0 Å². The summed E-state index contributed by atoms with van der Waals surface area (Å²) < 4.78 is 1.31. The van der Waals surface area contributed by atoms with Crippen molar-refractivity contribution < 1.29 is 0 Å². The van der Waals surface area contributed by atoms with Crippen LogP contribution in [0.1, 0.15) is 36.5 Å². The molecule has 2 aromatic carbocycles. The Morgan fingerprint density at radius 1 is 1.08 bits per heavy atom. The van der Waals surface area contributed by atoms with Gasteiger partial charge in [-0.3, -0.25) is 0 Å². The van der Waals surface area contributed by atoms with E-state index in [9.17, 15) is 0 Å². The first-order chi connectivity index (χ1) is 12.2. The van der Waals surface area contributed by atoms with Gasteiger partial charge in [-0.2, -0.15) is 0 Å². The number of nitrogens with zero attached hydrogens (tertiary/aromatic N) is 1. The van der Waals surface area contributed by atoms with Gasteiger partial charge >= 0.3 is 0 Å². The average Bonchev–Trinajstić information content (AvgIpc) is 2.64. The van der Waals surface area contributed by atoms with E-state index in [4.69, 9.17) is 0 Å². The third-order valence-corrected chi connectivity index (χ3v) is 5.99. The predicted octanol–water partition coefficient (Wildman–Crippen LogP) is 6.04. The van der Waals surface area contributed by atoms with Crippen molar-refractivity contribution in [3.05, 3.63) is 75.4 Å². The minimum atomic E-state index is 0.815. The standard InChI is InChI=1S/C23H28IN/c1-3-5-21-17-22(24)10-11-23(21)25-14-12-20(13-15-25)16-19-8-6-18(4-2)7-9-19/h3,6-11,17,20H,1,4-5,12-16H2,2H3. The molecular formula is C23H28IN. The summed E-state index contributed by atoms with van der Waals surface area (Å²) in [5, 5.41) is 0. The molecule has 2 aromatic rings. The van der Waals surface area contributed by atoms with Gasteiger partial charge in [0.1, 0.15) is 0 Å². The van der Waals surface area contributed by atoms with E-state index in [2.05, 4.69) is 83.5 Å². The van der Waals surface area contributed by atoms with E-state index >= 15 is 0 Å². The molecule has 1 fully saturated rings. The van der Waals surface area contributed by atoms with E-state index in [1.165, 1.54) is 58.3 Å². The van der Waals surface area contributed by atoms with Crippen LogP contribution in [-0.2, 0) is 19.3 Å². The molecule has 1 heterocycles. The van der Waals surface area contributed by atoms with E-state index < -0.39 is 0 Å². The first-order valence-corrected chi connectivity index (χ1v) is 10.5. The zero-order valence-electron chi connectivity index (χ0n) is 15.2. The lowest BCUT2D eigenvalue weighted by molar-refractivity contribution is 0.403. The number of hydrogen-bond acceptors (Lipinski definition) is 1. The topological polar surface area (TPSA) is 3.24 Å². The molecule has 25 heavy (non-hydrogen) atoms. The zero-order chi connectivity index (χ0) is 17.6. The lowest BCUT2D eigenvalue weighted by atomic mass is 9.89. The van der Waals surface area contributed by atoms with Gasteiger partial charge in [-0.15, -0.1) is 6.58 Å². The van der Waals surface area contributed by atoms with Gasteiger partial charge in [0.15, 0.2) is 0 Å². The third kappa shape index (κ3) is 4.87. The van der Waals surface area contributed by atoms with E-state index in [-0.39, 0.29) is 0 Å². The lowest BCUT2D eigenvalue weighted by Gasteiger charge is -2.35. The second-order valence-electron chi connectivity index (χ2n) is 7.07. The van der Waals surface area contributed by atoms with Gasteiger partial charge < -0.3 is 4.90 Å². The molecule has 0 amide bonds. The van der Waals surface area contributed by atoms with Gasteiger partial charge in [0, 0.05) is 22.3 Å². The molecule has 1 nitrogen and oxygen atoms in total. The van der Waals surface area contributed by atoms with E-state index in [1.807, 2.05) is 6.08 Å². The number of benzene rings is 2. The number of allylic oxidation sites excluding steroid dienone is 1. The molecule has 1 aliphatic rings. The number of halogens is 1. The molecule has 0 unspecified atom stereocenters. The molecule has 2 heteroatoms. The summed E-state index contributed by atoms with van der Waals surface area (Å²) in [6.45, 7) is 8.48. The highest BCUT2D eigenvalue weighted by atomic mass is 127. The average molecular weight is 445 g/mol. The zero-order valence-corrected chi connectivity index (χ0v) is 17.3. The lowest BCUT2D eigenvalue weighted by Crippen LogP contribution is -2.34. The Morgan fingerprint density at radius 2 is 1.76 bits per heavy atom. The normalized spacial score (nSPS) is 15.4. The molecule has 0 N–H and O–H groups in total. The molecule has 1 aliphatic heterocycles. The largest absolute Gasteiger partial charge is 0.371 e. The van der Waals surface area contributed by atoms with E-state index in [0.717, 1.165) is 18.8 Å². The number of anilines is 1. The van der Waals surface area contributed by atoms with Crippen LogP contribution in [0.25, 0.3) is 0 Å². The summed E-state index contributed by atoms with van der Waals surface area (Å²) in [5.41, 5.74) is 5.76. The van der Waals surface area contributed by atoms with Crippen LogP contribution in [0, 0.1) is 9.49 Å². The summed E-state index contributed by atoms with van der Waals surface area (Å²) >= 11 is 2.40. The maximum absolute atomic E-state index is 3.92. The fourth-order valence-corrected chi connectivity index (χ4v) is 4.36. The molecule has 0 aromatic heterocycles. The Morgan fingerprint density at radius 3 is 2.40 bits per heavy atom. The molecular weight excluding hydrogens is 417 g/mol. The smallest absolute Gasteiger partial charge is 0.0402 e. The van der Waals surface area contributed by atoms with Crippen molar-refractivity contribution in [1.82, 2.24) is 0 Å². The third-order valence-electron chi connectivity index (χ3n) is 5.32. The number of hydrogen-bond donors (Lipinski definition) is 0. The van der Waals surface area contributed by atoms with Crippen molar-refractivity contribution in [2.24, 2.45) is 5.92 Å². The Labute approximate surface area is 166 Å². The molecule has 3 rings (SSSR count). The van der Waals surface area contributed by atoms with Crippen molar-refractivity contribution in [2.45, 2.75) is 39.0 Å². The van der Waals surface area contributed by atoms with E-state index in [0.29, 0.717) is 0 Å². The van der Waals surface area contributed by atoms with Gasteiger partial charge in [0.25, 0.3) is 0 Å². The summed E-state index contributed by atoms with van der Waals surface area (Å²) in [6.07, 6.45) is 7.90. The summed E-state index contributed by atoms with van der Waals surface area (Å²) in [7, 11) is 0. The summed E-state index contributed by atoms with van der Waals surface area (Å²) in [6, 6.07) is 16.1. The van der Waals surface area contributed by atoms with Crippen LogP contribution < -0.4 is 4.90 Å². The van der Waals surface area contributed by atoms with Gasteiger partial charge in [0.2, 0.25) is 0 Å². The Kier molecular flexibility index (Phi) is 6.57. The molecule has 1 saturated heterocycles. The fourth-order valence-electron chi connectivity index (χ4n) is 3.80. The van der Waals surface area contributed by atoms with Crippen molar-refractivity contribution in [3.63, 3.8) is 0 Å². The Bertz CT molecular complexity index is 697. The number of aryl methyl sites for hydroxylation is 1. The molecule has 132 valence electrons. The molecule has 0 atom stereocenters. The SMILES string of the molecule is C=CCc1cc(I)ccc1N1CCC(Cc2ccc(CC)cc2)CC1. The quantitative estimate of drug-likeness (QED) is 0.387. The minimum Gasteiger partial charge on any atom is -0.371 e. The first kappa shape index (κ1) is 18.5. The van der Waals surface area contributed by atoms with Crippen molar-refractivity contribution >= 4 is 28.3 Å². The van der Waals surface area contributed by atoms with Crippen LogP contribution in [0.2, 0.25) is 0 Å². The minimum absolute atomic E-state index is 0.815. The molecule has 0 bridgehead atoms. The predicted molar refractivity (Wildman–Crippen MR) is 118 cm³/mol. The molecule has 0 aliphatic carbocycles. The van der Waals surface area contributed by atoms with Crippen LogP contribution in [0.3, 0.4) is 0 Å². The molecule has 0 radical (unpaired) electrons. The highest BCUT2D eigenvalue weighted by molar-refractivity contribution is 14.1. The number of piperidine rings is 1. The van der Waals surface area contributed by atoms with Gasteiger partial charge in [-0.05, 0) is 95.5 Å². The maximum atomic E-state index is 3.92. The van der Waals surface area contributed by atoms with Crippen LogP contribution in [0.4, 0.5) is 5.69 Å². The highest BCUT2D eigenvalue weighted by Crippen LogP contribution is 2.29. The monoisotopic (exact) mass is 445 g/mol. The Hall–Kier alpha value is -1.29. The second kappa shape index (κ2) is 8.88. The summed E-state index contributed by atoms with van der Waals surface area (Å²) in [5.74, 6) is 0.815. The van der Waals surface area contributed by atoms with Crippen LogP contribution in [-0.4, -0.2) is 13.1 Å². The van der Waals surface area contributed by atoms with Gasteiger partial charge in [-0.25, -0.2) is 0 Å². The second-order valence-corrected chi connectivity index (χ2v) is 8.32. The fraction of sp³-hybridized carbons (Fsp3) is 0.391. The van der Waals surface area contributed by atoms with Crippen molar-refractivity contribution in [1.29, 1.82) is 0 Å². The van der Waals surface area contributed by atoms with Crippen LogP contribution in [0.15, 0.2) is 55.1 Å². The van der Waals surface area contributed by atoms with Crippen LogP contribution >= 0.6 is 22.6 Å². The van der Waals surface area contributed by atoms with Crippen molar-refractivity contribution in [2.75, 3.05) is 18.0 Å². The highest BCUT2D eigenvalue weighted by Gasteiger charge is 2.21. The Balaban J connectivity index is 1.60. The number of rotatable bonds is 6. The van der Waals surface area contributed by atoms with E-state index in [1.54, 1.807) is 0 Å².